The van der Waals surface area contributed by atoms with Gasteiger partial charge in [0.2, 0.25) is 0 Å². The lowest BCUT2D eigenvalue weighted by Gasteiger charge is -2.17. The molecule has 0 atom stereocenters. The van der Waals surface area contributed by atoms with E-state index in [0.29, 0.717) is 0 Å². The first-order valence-corrected chi connectivity index (χ1v) is 7.28. The van der Waals surface area contributed by atoms with Gasteiger partial charge >= 0.3 is 0 Å². The van der Waals surface area contributed by atoms with Crippen LogP contribution >= 0.6 is 35.3 Å². The highest BCUT2D eigenvalue weighted by Crippen LogP contribution is 2.06. The summed E-state index contributed by atoms with van der Waals surface area (Å²) >= 11 is 1.75. The lowest BCUT2D eigenvalue weighted by Crippen LogP contribution is -2.40. The Balaban J connectivity index is 0.00000361. The van der Waals surface area contributed by atoms with Gasteiger partial charge in [0.05, 0.1) is 13.2 Å². The van der Waals surface area contributed by atoms with Crippen LogP contribution in [-0.2, 0) is 11.3 Å². The molecule has 1 rings (SSSR count). The van der Waals surface area contributed by atoms with E-state index in [0.717, 1.165) is 38.7 Å². The zero-order valence-corrected chi connectivity index (χ0v) is 15.5. The number of rotatable bonds is 8. The number of nitrogens with one attached hydrogen (secondary N) is 2. The zero-order valence-electron chi connectivity index (χ0n) is 12.4. The highest BCUT2D eigenvalue weighted by atomic mass is 127. The minimum atomic E-state index is 0. The van der Waals surface area contributed by atoms with Crippen molar-refractivity contribution in [3.63, 3.8) is 0 Å². The van der Waals surface area contributed by atoms with Gasteiger partial charge in [-0.15, -0.1) is 35.3 Å². The third kappa shape index (κ3) is 8.72. The Bertz CT molecular complexity index is 359. The SMILES string of the molecule is CN=C(NCCN(C)CCOC)NCc1cccs1.I. The Hall–Kier alpha value is -0.380. The average molecular weight is 412 g/mol. The number of hydrogen-bond acceptors (Lipinski definition) is 4. The lowest BCUT2D eigenvalue weighted by atomic mass is 10.4. The lowest BCUT2D eigenvalue weighted by molar-refractivity contribution is 0.162. The Labute approximate surface area is 142 Å². The van der Waals surface area contributed by atoms with Crippen LogP contribution in [0.4, 0.5) is 0 Å². The fourth-order valence-electron chi connectivity index (χ4n) is 1.53. The summed E-state index contributed by atoms with van der Waals surface area (Å²) in [6.07, 6.45) is 0. The summed E-state index contributed by atoms with van der Waals surface area (Å²) in [5.74, 6) is 0.841. The molecule has 20 heavy (non-hydrogen) atoms. The second-order valence-corrected chi connectivity index (χ2v) is 5.26. The molecule has 7 heteroatoms. The van der Waals surface area contributed by atoms with Gasteiger partial charge < -0.3 is 20.3 Å². The van der Waals surface area contributed by atoms with E-state index < -0.39 is 0 Å². The van der Waals surface area contributed by atoms with Crippen LogP contribution in [0, 0.1) is 0 Å². The number of hydrogen-bond donors (Lipinski definition) is 2. The number of nitrogens with zero attached hydrogens (tertiary/aromatic N) is 2. The number of guanidine groups is 1. The second kappa shape index (κ2) is 12.4. The maximum atomic E-state index is 5.04. The molecule has 0 saturated carbocycles. The van der Waals surface area contributed by atoms with Gasteiger partial charge in [-0.05, 0) is 18.5 Å². The minimum Gasteiger partial charge on any atom is -0.383 e. The Kier molecular flexibility index (Phi) is 12.1. The fourth-order valence-corrected chi connectivity index (χ4v) is 2.17. The number of ether oxygens (including phenoxy) is 1. The summed E-state index contributed by atoms with van der Waals surface area (Å²) in [4.78, 5) is 7.73. The Morgan fingerprint density at radius 3 is 2.80 bits per heavy atom. The predicted octanol–water partition coefficient (Wildman–Crippen LogP) is 1.61. The van der Waals surface area contributed by atoms with Crippen LogP contribution in [-0.4, -0.2) is 58.3 Å². The summed E-state index contributed by atoms with van der Waals surface area (Å²) in [6.45, 7) is 4.35. The van der Waals surface area contributed by atoms with Gasteiger partial charge in [0, 0.05) is 38.7 Å². The first kappa shape index (κ1) is 19.6. The summed E-state index contributed by atoms with van der Waals surface area (Å²) in [6, 6.07) is 4.17. The van der Waals surface area contributed by atoms with Crippen molar-refractivity contribution in [2.24, 2.45) is 4.99 Å². The van der Waals surface area contributed by atoms with Crippen molar-refractivity contribution in [1.82, 2.24) is 15.5 Å². The van der Waals surface area contributed by atoms with E-state index >= 15 is 0 Å². The standard InChI is InChI=1S/C13H24N4OS.HI/c1-14-13(16-11-12-5-4-10-19-12)15-6-7-17(2)8-9-18-3;/h4-5,10H,6-9,11H2,1-3H3,(H2,14,15,16);1H. The molecule has 1 aromatic heterocycles. The smallest absolute Gasteiger partial charge is 0.191 e. The molecule has 0 radical (unpaired) electrons. The third-order valence-corrected chi connectivity index (χ3v) is 3.57. The molecule has 5 nitrogen and oxygen atoms in total. The van der Waals surface area contributed by atoms with Crippen molar-refractivity contribution < 1.29 is 4.74 Å². The molecule has 1 heterocycles. The molecule has 0 unspecified atom stereocenters. The molecule has 0 aliphatic rings. The number of thiophene rings is 1. The van der Waals surface area contributed by atoms with E-state index in [1.165, 1.54) is 4.88 Å². The van der Waals surface area contributed by atoms with Gasteiger partial charge in [0.25, 0.3) is 0 Å². The molecular weight excluding hydrogens is 387 g/mol. The number of halogens is 1. The molecule has 0 aromatic carbocycles. The molecule has 0 fully saturated rings. The molecule has 2 N–H and O–H groups in total. The van der Waals surface area contributed by atoms with Crippen molar-refractivity contribution in [3.05, 3.63) is 22.4 Å². The summed E-state index contributed by atoms with van der Waals surface area (Å²) in [7, 11) is 5.60. The summed E-state index contributed by atoms with van der Waals surface area (Å²) in [5, 5.41) is 8.68. The normalized spacial score (nSPS) is 11.3. The van der Waals surface area contributed by atoms with Crippen molar-refractivity contribution in [3.8, 4) is 0 Å². The van der Waals surface area contributed by atoms with Crippen molar-refractivity contribution in [1.29, 1.82) is 0 Å². The minimum absolute atomic E-state index is 0. The molecule has 116 valence electrons. The van der Waals surface area contributed by atoms with Crippen LogP contribution in [0.2, 0.25) is 0 Å². The quantitative estimate of drug-likeness (QED) is 0.387. The van der Waals surface area contributed by atoms with E-state index in [-0.39, 0.29) is 24.0 Å². The Morgan fingerprint density at radius 2 is 2.20 bits per heavy atom. The van der Waals surface area contributed by atoms with E-state index in [2.05, 4.69) is 45.1 Å². The van der Waals surface area contributed by atoms with Crippen LogP contribution in [0.25, 0.3) is 0 Å². The number of aliphatic imine (C=N–C) groups is 1. The molecule has 1 aromatic rings. The van der Waals surface area contributed by atoms with E-state index in [9.17, 15) is 0 Å². The molecule has 0 aliphatic heterocycles. The van der Waals surface area contributed by atoms with Crippen LogP contribution < -0.4 is 10.6 Å². The zero-order chi connectivity index (χ0) is 13.9. The van der Waals surface area contributed by atoms with E-state index in [4.69, 9.17) is 4.74 Å². The average Bonchev–Trinajstić information content (AvgIpc) is 2.93. The summed E-state index contributed by atoms with van der Waals surface area (Å²) in [5.41, 5.74) is 0. The number of methoxy groups -OCH3 is 1. The van der Waals surface area contributed by atoms with Crippen LogP contribution in [0.15, 0.2) is 22.5 Å². The topological polar surface area (TPSA) is 48.9 Å². The highest BCUT2D eigenvalue weighted by Gasteiger charge is 2.00. The van der Waals surface area contributed by atoms with E-state index in [1.807, 2.05) is 0 Å². The number of likely N-dealkylation sites (N-methyl/N-ethyl adjacent to an activating group) is 1. The summed E-state index contributed by atoms with van der Waals surface area (Å²) < 4.78 is 5.04. The fraction of sp³-hybridized carbons (Fsp3) is 0.615. The van der Waals surface area contributed by atoms with Crippen LogP contribution in [0.3, 0.4) is 0 Å². The second-order valence-electron chi connectivity index (χ2n) is 4.23. The molecular formula is C13H25IN4OS. The highest BCUT2D eigenvalue weighted by molar-refractivity contribution is 14.0. The van der Waals surface area contributed by atoms with Crippen molar-refractivity contribution in [2.45, 2.75) is 6.54 Å². The molecule has 0 aliphatic carbocycles. The monoisotopic (exact) mass is 412 g/mol. The molecule has 0 saturated heterocycles. The molecule has 0 amide bonds. The van der Waals surface area contributed by atoms with Gasteiger partial charge in [0.1, 0.15) is 0 Å². The van der Waals surface area contributed by atoms with Gasteiger partial charge in [-0.25, -0.2) is 0 Å². The first-order chi connectivity index (χ1) is 9.26. The first-order valence-electron chi connectivity index (χ1n) is 6.40. The maximum Gasteiger partial charge on any atom is 0.191 e. The van der Waals surface area contributed by atoms with Gasteiger partial charge in [-0.2, -0.15) is 0 Å². The predicted molar refractivity (Wildman–Crippen MR) is 97.3 cm³/mol. The largest absolute Gasteiger partial charge is 0.383 e. The molecule has 0 bridgehead atoms. The van der Waals surface area contributed by atoms with Gasteiger partial charge in [0.15, 0.2) is 5.96 Å². The third-order valence-electron chi connectivity index (χ3n) is 2.70. The molecule has 0 spiro atoms. The van der Waals surface area contributed by atoms with Gasteiger partial charge in [-0.3, -0.25) is 4.99 Å². The van der Waals surface area contributed by atoms with E-state index in [1.54, 1.807) is 25.5 Å². The van der Waals surface area contributed by atoms with Crippen molar-refractivity contribution >= 4 is 41.3 Å². The maximum absolute atomic E-state index is 5.04. The van der Waals surface area contributed by atoms with Crippen LogP contribution in [0.1, 0.15) is 4.88 Å². The van der Waals surface area contributed by atoms with Crippen LogP contribution in [0.5, 0.6) is 0 Å². The van der Waals surface area contributed by atoms with Crippen molar-refractivity contribution in [2.75, 3.05) is 47.4 Å². The van der Waals surface area contributed by atoms with Gasteiger partial charge in [-0.1, -0.05) is 6.07 Å². The Morgan fingerprint density at radius 1 is 1.40 bits per heavy atom.